The van der Waals surface area contributed by atoms with Gasteiger partial charge >= 0.3 is 0 Å². The fourth-order valence-electron chi connectivity index (χ4n) is 3.81. The minimum atomic E-state index is -0.134. The SMILES string of the molecule is Cc1cc(NC2COCC2n2nc(C3CC3)ccc2=O)nc2ccccc12. The Morgan fingerprint density at radius 2 is 2.00 bits per heavy atom. The van der Waals surface area contributed by atoms with E-state index in [1.807, 2.05) is 24.3 Å². The molecule has 0 bridgehead atoms. The van der Waals surface area contributed by atoms with E-state index >= 15 is 0 Å². The fourth-order valence-corrected chi connectivity index (χ4v) is 3.81. The van der Waals surface area contributed by atoms with Gasteiger partial charge in [-0.1, -0.05) is 18.2 Å². The van der Waals surface area contributed by atoms with Crippen LogP contribution in [-0.2, 0) is 4.74 Å². The second kappa shape index (κ2) is 6.46. The van der Waals surface area contributed by atoms with Crippen LogP contribution in [0.25, 0.3) is 10.9 Å². The van der Waals surface area contributed by atoms with Crippen molar-refractivity contribution in [3.63, 3.8) is 0 Å². The van der Waals surface area contributed by atoms with Gasteiger partial charge in [-0.15, -0.1) is 0 Å². The molecule has 1 saturated heterocycles. The van der Waals surface area contributed by atoms with Crippen molar-refractivity contribution in [1.82, 2.24) is 14.8 Å². The maximum atomic E-state index is 12.4. The Bertz CT molecular complexity index is 1060. The smallest absolute Gasteiger partial charge is 0.267 e. The van der Waals surface area contributed by atoms with Gasteiger partial charge in [0.2, 0.25) is 0 Å². The van der Waals surface area contributed by atoms with Gasteiger partial charge in [0.05, 0.1) is 30.5 Å². The Morgan fingerprint density at radius 1 is 1.15 bits per heavy atom. The van der Waals surface area contributed by atoms with E-state index in [9.17, 15) is 4.79 Å². The number of para-hydroxylation sites is 1. The third-order valence-electron chi connectivity index (χ3n) is 5.46. The van der Waals surface area contributed by atoms with Crippen LogP contribution in [0.5, 0.6) is 0 Å². The molecule has 3 aromatic rings. The van der Waals surface area contributed by atoms with Gasteiger partial charge in [0, 0.05) is 17.4 Å². The first-order valence-corrected chi connectivity index (χ1v) is 9.49. The zero-order chi connectivity index (χ0) is 18.4. The molecule has 3 heterocycles. The van der Waals surface area contributed by atoms with Gasteiger partial charge in [-0.05, 0) is 43.5 Å². The molecule has 0 amide bonds. The Balaban J connectivity index is 1.45. The molecular formula is C21H22N4O2. The summed E-state index contributed by atoms with van der Waals surface area (Å²) in [6.45, 7) is 3.09. The summed E-state index contributed by atoms with van der Waals surface area (Å²) in [5, 5.41) is 9.27. The highest BCUT2D eigenvalue weighted by atomic mass is 16.5. The number of aromatic nitrogens is 3. The molecule has 6 heteroatoms. The van der Waals surface area contributed by atoms with Gasteiger partial charge in [-0.2, -0.15) is 5.10 Å². The molecule has 2 unspecified atom stereocenters. The van der Waals surface area contributed by atoms with Crippen molar-refractivity contribution in [1.29, 1.82) is 0 Å². The first kappa shape index (κ1) is 16.4. The maximum absolute atomic E-state index is 12.4. The van der Waals surface area contributed by atoms with Crippen molar-refractivity contribution in [3.8, 4) is 0 Å². The summed E-state index contributed by atoms with van der Waals surface area (Å²) in [5.41, 5.74) is 3.07. The third-order valence-corrected chi connectivity index (χ3v) is 5.46. The number of hydrogen-bond acceptors (Lipinski definition) is 5. The quantitative estimate of drug-likeness (QED) is 0.773. The second-order valence-electron chi connectivity index (χ2n) is 7.51. The van der Waals surface area contributed by atoms with Crippen molar-refractivity contribution >= 4 is 16.7 Å². The largest absolute Gasteiger partial charge is 0.377 e. The molecule has 138 valence electrons. The van der Waals surface area contributed by atoms with E-state index in [1.54, 1.807) is 10.7 Å². The van der Waals surface area contributed by atoms with Crippen LogP contribution < -0.4 is 10.9 Å². The standard InChI is InChI=1S/C21H22N4O2/c1-13-10-20(22-17-5-3-2-4-15(13)17)23-18-11-27-12-19(18)25-21(26)9-8-16(24-25)14-6-7-14/h2-5,8-10,14,18-19H,6-7,11-12H2,1H3,(H,22,23). The summed E-state index contributed by atoms with van der Waals surface area (Å²) in [4.78, 5) is 17.2. The molecule has 2 aliphatic rings. The molecule has 2 atom stereocenters. The topological polar surface area (TPSA) is 69.0 Å². The summed E-state index contributed by atoms with van der Waals surface area (Å²) >= 11 is 0. The molecule has 1 aromatic carbocycles. The molecule has 6 nitrogen and oxygen atoms in total. The number of benzene rings is 1. The van der Waals surface area contributed by atoms with Crippen molar-refractivity contribution < 1.29 is 4.74 Å². The van der Waals surface area contributed by atoms with Crippen LogP contribution in [0.2, 0.25) is 0 Å². The summed E-state index contributed by atoms with van der Waals surface area (Å²) < 4.78 is 7.30. The molecule has 0 spiro atoms. The number of pyridine rings is 1. The fraction of sp³-hybridized carbons (Fsp3) is 0.381. The average molecular weight is 362 g/mol. The molecule has 5 rings (SSSR count). The van der Waals surface area contributed by atoms with Crippen LogP contribution in [-0.4, -0.2) is 34.0 Å². The molecule has 2 aromatic heterocycles. The predicted molar refractivity (Wildman–Crippen MR) is 104 cm³/mol. The van der Waals surface area contributed by atoms with Crippen LogP contribution in [0.3, 0.4) is 0 Å². The van der Waals surface area contributed by atoms with Crippen molar-refractivity contribution in [2.24, 2.45) is 0 Å². The number of aryl methyl sites for hydroxylation is 1. The Hall–Kier alpha value is -2.73. The highest BCUT2D eigenvalue weighted by Gasteiger charge is 2.33. The number of ether oxygens (including phenoxy) is 1. The maximum Gasteiger partial charge on any atom is 0.267 e. The van der Waals surface area contributed by atoms with Crippen LogP contribution in [0, 0.1) is 6.92 Å². The predicted octanol–water partition coefficient (Wildman–Crippen LogP) is 3.03. The van der Waals surface area contributed by atoms with E-state index in [0.717, 1.165) is 35.3 Å². The average Bonchev–Trinajstić information content (AvgIpc) is 3.42. The lowest BCUT2D eigenvalue weighted by Gasteiger charge is -2.21. The molecular weight excluding hydrogens is 340 g/mol. The Kier molecular flexibility index (Phi) is 3.93. The van der Waals surface area contributed by atoms with Crippen molar-refractivity contribution in [2.45, 2.75) is 37.8 Å². The molecule has 1 aliphatic heterocycles. The summed E-state index contributed by atoms with van der Waals surface area (Å²) in [6.07, 6.45) is 2.32. The van der Waals surface area contributed by atoms with Crippen LogP contribution in [0.4, 0.5) is 5.82 Å². The third kappa shape index (κ3) is 3.10. The van der Waals surface area contributed by atoms with E-state index in [2.05, 4.69) is 29.5 Å². The minimum absolute atomic E-state index is 0.0438. The van der Waals surface area contributed by atoms with E-state index in [1.165, 1.54) is 5.56 Å². The van der Waals surface area contributed by atoms with E-state index < -0.39 is 0 Å². The van der Waals surface area contributed by atoms with Gasteiger partial charge in [0.25, 0.3) is 5.56 Å². The van der Waals surface area contributed by atoms with Gasteiger partial charge in [0.15, 0.2) is 0 Å². The lowest BCUT2D eigenvalue weighted by Crippen LogP contribution is -2.37. The van der Waals surface area contributed by atoms with Crippen LogP contribution in [0.1, 0.15) is 36.1 Å². The van der Waals surface area contributed by atoms with Crippen LogP contribution >= 0.6 is 0 Å². The number of nitrogens with one attached hydrogen (secondary N) is 1. The molecule has 1 aliphatic carbocycles. The summed E-state index contributed by atoms with van der Waals surface area (Å²) in [6, 6.07) is 13.5. The van der Waals surface area contributed by atoms with Gasteiger partial charge < -0.3 is 10.1 Å². The highest BCUT2D eigenvalue weighted by Crippen LogP contribution is 2.38. The number of rotatable bonds is 4. The van der Waals surface area contributed by atoms with Crippen molar-refractivity contribution in [2.75, 3.05) is 18.5 Å². The zero-order valence-corrected chi connectivity index (χ0v) is 15.3. The molecule has 0 radical (unpaired) electrons. The minimum Gasteiger partial charge on any atom is -0.377 e. The van der Waals surface area contributed by atoms with E-state index in [-0.39, 0.29) is 17.6 Å². The number of anilines is 1. The first-order chi connectivity index (χ1) is 13.2. The number of hydrogen-bond donors (Lipinski definition) is 1. The summed E-state index contributed by atoms with van der Waals surface area (Å²) in [5.74, 6) is 1.31. The Labute approximate surface area is 157 Å². The van der Waals surface area contributed by atoms with Gasteiger partial charge in [-0.25, -0.2) is 9.67 Å². The number of nitrogens with zero attached hydrogens (tertiary/aromatic N) is 3. The molecule has 1 N–H and O–H groups in total. The zero-order valence-electron chi connectivity index (χ0n) is 15.3. The molecule has 2 fully saturated rings. The lowest BCUT2D eigenvalue weighted by atomic mass is 10.1. The normalized spacial score (nSPS) is 22.3. The van der Waals surface area contributed by atoms with Crippen LogP contribution in [0.15, 0.2) is 47.3 Å². The lowest BCUT2D eigenvalue weighted by molar-refractivity contribution is 0.182. The first-order valence-electron chi connectivity index (χ1n) is 9.49. The van der Waals surface area contributed by atoms with Gasteiger partial charge in [0.1, 0.15) is 11.9 Å². The highest BCUT2D eigenvalue weighted by molar-refractivity contribution is 5.83. The van der Waals surface area contributed by atoms with E-state index in [4.69, 9.17) is 9.72 Å². The Morgan fingerprint density at radius 3 is 2.85 bits per heavy atom. The van der Waals surface area contributed by atoms with E-state index in [0.29, 0.717) is 19.1 Å². The number of fused-ring (bicyclic) bond motifs is 1. The monoisotopic (exact) mass is 362 g/mol. The van der Waals surface area contributed by atoms with Crippen molar-refractivity contribution in [3.05, 3.63) is 64.1 Å². The summed E-state index contributed by atoms with van der Waals surface area (Å²) in [7, 11) is 0. The second-order valence-corrected chi connectivity index (χ2v) is 7.51. The van der Waals surface area contributed by atoms with Gasteiger partial charge in [-0.3, -0.25) is 4.79 Å². The molecule has 1 saturated carbocycles. The molecule has 27 heavy (non-hydrogen) atoms.